The van der Waals surface area contributed by atoms with Crippen LogP contribution < -0.4 is 5.32 Å². The van der Waals surface area contributed by atoms with E-state index in [9.17, 15) is 14.4 Å². The first kappa shape index (κ1) is 16.8. The van der Waals surface area contributed by atoms with E-state index in [0.717, 1.165) is 11.1 Å². The Labute approximate surface area is 134 Å². The molecule has 1 aromatic rings. The van der Waals surface area contributed by atoms with Gasteiger partial charge in [-0.1, -0.05) is 29.8 Å². The van der Waals surface area contributed by atoms with E-state index in [-0.39, 0.29) is 19.1 Å². The summed E-state index contributed by atoms with van der Waals surface area (Å²) >= 11 is 0. The van der Waals surface area contributed by atoms with Crippen LogP contribution in [0.15, 0.2) is 24.3 Å². The normalized spacial score (nSPS) is 17.7. The fourth-order valence-electron chi connectivity index (χ4n) is 2.41. The van der Waals surface area contributed by atoms with Gasteiger partial charge < -0.3 is 20.1 Å². The van der Waals surface area contributed by atoms with Gasteiger partial charge in [-0.3, -0.25) is 9.59 Å². The second-order valence-corrected chi connectivity index (χ2v) is 5.55. The van der Waals surface area contributed by atoms with E-state index in [1.54, 1.807) is 0 Å². The second-order valence-electron chi connectivity index (χ2n) is 5.55. The van der Waals surface area contributed by atoms with Crippen molar-refractivity contribution in [3.05, 3.63) is 35.4 Å². The topological polar surface area (TPSA) is 95.9 Å². The summed E-state index contributed by atoms with van der Waals surface area (Å²) in [6, 6.07) is 6.84. The Morgan fingerprint density at radius 3 is 2.70 bits per heavy atom. The molecule has 1 saturated heterocycles. The molecular formula is C16H20N2O5. The molecule has 1 aliphatic heterocycles. The fraction of sp³-hybridized carbons (Fsp3) is 0.438. The molecule has 2 amide bonds. The molecule has 1 aliphatic rings. The molecule has 2 rings (SSSR count). The monoisotopic (exact) mass is 320 g/mol. The lowest BCUT2D eigenvalue weighted by molar-refractivity contribution is -0.146. The van der Waals surface area contributed by atoms with Crippen molar-refractivity contribution in [3.8, 4) is 0 Å². The Morgan fingerprint density at radius 2 is 2.04 bits per heavy atom. The zero-order valence-electron chi connectivity index (χ0n) is 12.9. The van der Waals surface area contributed by atoms with Gasteiger partial charge in [0.25, 0.3) is 0 Å². The summed E-state index contributed by atoms with van der Waals surface area (Å²) in [5.41, 5.74) is 1.97. The zero-order valence-corrected chi connectivity index (χ0v) is 12.9. The van der Waals surface area contributed by atoms with Crippen molar-refractivity contribution in [1.29, 1.82) is 0 Å². The number of carbonyl (C=O) groups excluding carboxylic acids is 2. The largest absolute Gasteiger partial charge is 0.480 e. The minimum atomic E-state index is -1.07. The number of aliphatic carboxylic acids is 1. The number of hydrogen-bond donors (Lipinski definition) is 2. The van der Waals surface area contributed by atoms with Crippen LogP contribution in [0.3, 0.4) is 0 Å². The van der Waals surface area contributed by atoms with Crippen molar-refractivity contribution in [2.45, 2.75) is 32.4 Å². The Hall–Kier alpha value is -2.57. The van der Waals surface area contributed by atoms with Crippen molar-refractivity contribution >= 4 is 18.0 Å². The number of piperidine rings is 1. The maximum atomic E-state index is 12.1. The summed E-state index contributed by atoms with van der Waals surface area (Å²) < 4.78 is 5.10. The number of nitrogens with zero attached hydrogens (tertiary/aromatic N) is 1. The SMILES string of the molecule is Cc1ccc(COC(=O)N[C@@H]2CCCN(CC(=O)O)C2=O)cc1. The highest BCUT2D eigenvalue weighted by Crippen LogP contribution is 2.12. The maximum Gasteiger partial charge on any atom is 0.408 e. The summed E-state index contributed by atoms with van der Waals surface area (Å²) in [7, 11) is 0. The molecule has 0 spiro atoms. The number of alkyl carbamates (subject to hydrolysis) is 1. The van der Waals surface area contributed by atoms with Gasteiger partial charge in [-0.25, -0.2) is 4.79 Å². The van der Waals surface area contributed by atoms with Crippen LogP contribution in [-0.2, 0) is 20.9 Å². The smallest absolute Gasteiger partial charge is 0.408 e. The number of amides is 2. The average Bonchev–Trinajstić information content (AvgIpc) is 2.50. The van der Waals surface area contributed by atoms with E-state index in [1.165, 1.54) is 4.90 Å². The average molecular weight is 320 g/mol. The summed E-state index contributed by atoms with van der Waals surface area (Å²) in [6.07, 6.45) is 0.442. The summed E-state index contributed by atoms with van der Waals surface area (Å²) in [5, 5.41) is 11.3. The van der Waals surface area contributed by atoms with E-state index in [4.69, 9.17) is 9.84 Å². The van der Waals surface area contributed by atoms with E-state index in [1.807, 2.05) is 31.2 Å². The Bertz CT molecular complexity index is 585. The standard InChI is InChI=1S/C16H20N2O5/c1-11-4-6-12(7-5-11)10-23-16(22)17-13-3-2-8-18(15(13)21)9-14(19)20/h4-7,13H,2-3,8-10H2,1H3,(H,17,22)(H,19,20)/t13-/m1/s1. The molecule has 124 valence electrons. The van der Waals surface area contributed by atoms with Gasteiger partial charge >= 0.3 is 12.1 Å². The number of ether oxygens (including phenoxy) is 1. The van der Waals surface area contributed by atoms with E-state index < -0.39 is 18.1 Å². The first-order valence-electron chi connectivity index (χ1n) is 7.45. The molecule has 0 unspecified atom stereocenters. The highest BCUT2D eigenvalue weighted by molar-refractivity contribution is 5.88. The molecule has 1 atom stereocenters. The lowest BCUT2D eigenvalue weighted by Gasteiger charge is -2.31. The molecule has 0 aliphatic carbocycles. The van der Waals surface area contributed by atoms with Crippen molar-refractivity contribution < 1.29 is 24.2 Å². The van der Waals surface area contributed by atoms with Gasteiger partial charge in [0.05, 0.1) is 0 Å². The number of rotatable bonds is 5. The van der Waals surface area contributed by atoms with Crippen LogP contribution in [0.25, 0.3) is 0 Å². The van der Waals surface area contributed by atoms with Crippen LogP contribution >= 0.6 is 0 Å². The number of aryl methyl sites for hydroxylation is 1. The van der Waals surface area contributed by atoms with Gasteiger partial charge in [-0.15, -0.1) is 0 Å². The van der Waals surface area contributed by atoms with Crippen LogP contribution in [0.2, 0.25) is 0 Å². The Kier molecular flexibility index (Phi) is 5.56. The number of carboxylic acids is 1. The molecule has 1 fully saturated rings. The van der Waals surface area contributed by atoms with Gasteiger partial charge in [0.15, 0.2) is 0 Å². The number of nitrogens with one attached hydrogen (secondary N) is 1. The lowest BCUT2D eigenvalue weighted by atomic mass is 10.1. The number of hydrogen-bond acceptors (Lipinski definition) is 4. The molecule has 7 nitrogen and oxygen atoms in total. The van der Waals surface area contributed by atoms with Crippen LogP contribution in [-0.4, -0.2) is 47.1 Å². The van der Waals surface area contributed by atoms with Gasteiger partial charge in [-0.2, -0.15) is 0 Å². The second kappa shape index (κ2) is 7.62. The molecule has 1 aromatic carbocycles. The van der Waals surface area contributed by atoms with Crippen LogP contribution in [0, 0.1) is 6.92 Å². The summed E-state index contributed by atoms with van der Waals surface area (Å²) in [4.78, 5) is 35.9. The first-order valence-corrected chi connectivity index (χ1v) is 7.45. The van der Waals surface area contributed by atoms with Crippen LogP contribution in [0.4, 0.5) is 4.79 Å². The molecule has 2 N–H and O–H groups in total. The summed E-state index contributed by atoms with van der Waals surface area (Å²) in [5.74, 6) is -1.45. The van der Waals surface area contributed by atoms with E-state index >= 15 is 0 Å². The molecule has 1 heterocycles. The van der Waals surface area contributed by atoms with Gasteiger partial charge in [0.1, 0.15) is 19.2 Å². The van der Waals surface area contributed by atoms with Crippen molar-refractivity contribution in [2.75, 3.05) is 13.1 Å². The lowest BCUT2D eigenvalue weighted by Crippen LogP contribution is -2.53. The third kappa shape index (κ3) is 4.98. The third-order valence-corrected chi connectivity index (χ3v) is 3.64. The molecule has 0 aromatic heterocycles. The molecular weight excluding hydrogens is 300 g/mol. The molecule has 0 bridgehead atoms. The highest BCUT2D eigenvalue weighted by atomic mass is 16.5. The van der Waals surface area contributed by atoms with Crippen molar-refractivity contribution in [1.82, 2.24) is 10.2 Å². The number of carbonyl (C=O) groups is 3. The Balaban J connectivity index is 1.83. The minimum Gasteiger partial charge on any atom is -0.480 e. The number of likely N-dealkylation sites (tertiary alicyclic amines) is 1. The van der Waals surface area contributed by atoms with Crippen molar-refractivity contribution in [3.63, 3.8) is 0 Å². The summed E-state index contributed by atoms with van der Waals surface area (Å²) in [6.45, 7) is 2.12. The van der Waals surface area contributed by atoms with Gasteiger partial charge in [0.2, 0.25) is 5.91 Å². The minimum absolute atomic E-state index is 0.117. The molecule has 23 heavy (non-hydrogen) atoms. The number of carboxylic acid groups (broad SMARTS) is 1. The maximum absolute atomic E-state index is 12.1. The molecule has 0 saturated carbocycles. The number of benzene rings is 1. The Morgan fingerprint density at radius 1 is 1.35 bits per heavy atom. The van der Waals surface area contributed by atoms with Gasteiger partial charge in [0, 0.05) is 6.54 Å². The predicted molar refractivity (Wildman–Crippen MR) is 81.7 cm³/mol. The fourth-order valence-corrected chi connectivity index (χ4v) is 2.41. The van der Waals surface area contributed by atoms with Crippen LogP contribution in [0.1, 0.15) is 24.0 Å². The quantitative estimate of drug-likeness (QED) is 0.852. The zero-order chi connectivity index (χ0) is 16.8. The molecule has 0 radical (unpaired) electrons. The van der Waals surface area contributed by atoms with E-state index in [0.29, 0.717) is 19.4 Å². The third-order valence-electron chi connectivity index (χ3n) is 3.64. The highest BCUT2D eigenvalue weighted by Gasteiger charge is 2.31. The predicted octanol–water partition coefficient (Wildman–Crippen LogP) is 1.30. The van der Waals surface area contributed by atoms with E-state index in [2.05, 4.69) is 5.32 Å². The first-order chi connectivity index (χ1) is 11.0. The van der Waals surface area contributed by atoms with Crippen LogP contribution in [0.5, 0.6) is 0 Å². The van der Waals surface area contributed by atoms with Crippen molar-refractivity contribution in [2.24, 2.45) is 0 Å². The van der Waals surface area contributed by atoms with Gasteiger partial charge in [-0.05, 0) is 25.3 Å². The molecule has 7 heteroatoms.